The fraction of sp³-hybridized carbons (Fsp3) is 0.227. The molecule has 1 aromatic heterocycles. The number of ether oxygens (including phenoxy) is 2. The van der Waals surface area contributed by atoms with E-state index in [0.717, 1.165) is 22.4 Å². The molecule has 0 spiro atoms. The summed E-state index contributed by atoms with van der Waals surface area (Å²) in [5, 5.41) is 0. The molecule has 1 atom stereocenters. The Morgan fingerprint density at radius 3 is 2.52 bits per heavy atom. The minimum Gasteiger partial charge on any atom is -0.460 e. The standard InChI is InChI=1S/C22H22FN2O2/c1-24(2)20-8-10-25(11-9-20)14-17-12-19(23)13-18-15-26-22(27-21(17)18)16-6-4-3-5-7-16/h3-13,22H,14-15H2,1-2H3/q+1/t22-/m1/s1. The normalized spacial score (nSPS) is 15.7. The zero-order chi connectivity index (χ0) is 18.8. The van der Waals surface area contributed by atoms with Crippen LogP contribution >= 0.6 is 0 Å². The first-order valence-electron chi connectivity index (χ1n) is 8.91. The topological polar surface area (TPSA) is 25.6 Å². The summed E-state index contributed by atoms with van der Waals surface area (Å²) in [6.45, 7) is 0.846. The lowest BCUT2D eigenvalue weighted by molar-refractivity contribution is -0.688. The number of hydrogen-bond donors (Lipinski definition) is 0. The van der Waals surface area contributed by atoms with Crippen LogP contribution in [0, 0.1) is 5.82 Å². The number of fused-ring (bicyclic) bond motifs is 1. The molecule has 0 N–H and O–H groups in total. The third-order valence-corrected chi connectivity index (χ3v) is 4.64. The number of benzene rings is 2. The van der Waals surface area contributed by atoms with Gasteiger partial charge in [-0.2, -0.15) is 0 Å². The zero-order valence-corrected chi connectivity index (χ0v) is 15.4. The molecule has 5 heteroatoms. The molecule has 0 aliphatic carbocycles. The van der Waals surface area contributed by atoms with Crippen LogP contribution in [0.1, 0.15) is 23.0 Å². The first-order valence-corrected chi connectivity index (χ1v) is 8.91. The van der Waals surface area contributed by atoms with Crippen molar-refractivity contribution in [2.75, 3.05) is 19.0 Å². The molecule has 1 aliphatic rings. The van der Waals surface area contributed by atoms with Crippen molar-refractivity contribution in [3.8, 4) is 5.75 Å². The van der Waals surface area contributed by atoms with Gasteiger partial charge < -0.3 is 14.4 Å². The van der Waals surface area contributed by atoms with Crippen molar-refractivity contribution in [3.63, 3.8) is 0 Å². The van der Waals surface area contributed by atoms with Gasteiger partial charge in [0.1, 0.15) is 11.6 Å². The Kier molecular flexibility index (Phi) is 4.77. The number of aromatic nitrogens is 1. The summed E-state index contributed by atoms with van der Waals surface area (Å²) in [6.07, 6.45) is 3.49. The van der Waals surface area contributed by atoms with E-state index in [9.17, 15) is 4.39 Å². The molecule has 4 nitrogen and oxygen atoms in total. The van der Waals surface area contributed by atoms with E-state index in [4.69, 9.17) is 9.47 Å². The lowest BCUT2D eigenvalue weighted by Crippen LogP contribution is -2.34. The maximum atomic E-state index is 14.1. The molecule has 0 fully saturated rings. The van der Waals surface area contributed by atoms with E-state index < -0.39 is 6.29 Å². The highest BCUT2D eigenvalue weighted by atomic mass is 19.1. The Morgan fingerprint density at radius 1 is 1.07 bits per heavy atom. The van der Waals surface area contributed by atoms with Gasteiger partial charge in [0.15, 0.2) is 18.9 Å². The SMILES string of the molecule is CN(C)c1cc[n+](Cc2cc(F)cc3c2O[C@H](c2ccccc2)OC3)cc1. The van der Waals surface area contributed by atoms with Gasteiger partial charge in [0.05, 0.1) is 12.2 Å². The minimum absolute atomic E-state index is 0.278. The maximum absolute atomic E-state index is 14.1. The van der Waals surface area contributed by atoms with E-state index in [1.54, 1.807) is 6.07 Å². The number of rotatable bonds is 4. The van der Waals surface area contributed by atoms with Gasteiger partial charge in [-0.25, -0.2) is 8.96 Å². The van der Waals surface area contributed by atoms with Gasteiger partial charge in [-0.15, -0.1) is 0 Å². The lowest BCUT2D eigenvalue weighted by atomic mass is 10.1. The number of pyridine rings is 1. The summed E-state index contributed by atoms with van der Waals surface area (Å²) >= 11 is 0. The van der Waals surface area contributed by atoms with Gasteiger partial charge in [0.25, 0.3) is 0 Å². The van der Waals surface area contributed by atoms with E-state index >= 15 is 0 Å². The van der Waals surface area contributed by atoms with Crippen molar-refractivity contribution in [2.45, 2.75) is 19.4 Å². The van der Waals surface area contributed by atoms with Gasteiger partial charge in [0, 0.05) is 43.0 Å². The van der Waals surface area contributed by atoms with Gasteiger partial charge in [-0.3, -0.25) is 0 Å². The van der Waals surface area contributed by atoms with Crippen molar-refractivity contribution in [1.29, 1.82) is 0 Å². The quantitative estimate of drug-likeness (QED) is 0.657. The molecule has 0 unspecified atom stereocenters. The van der Waals surface area contributed by atoms with Crippen molar-refractivity contribution >= 4 is 5.69 Å². The van der Waals surface area contributed by atoms with Crippen LogP contribution in [-0.2, 0) is 17.9 Å². The average molecular weight is 365 g/mol. The number of hydrogen-bond acceptors (Lipinski definition) is 3. The summed E-state index contributed by atoms with van der Waals surface area (Å²) in [5.41, 5.74) is 3.60. The van der Waals surface area contributed by atoms with Crippen LogP contribution in [0.3, 0.4) is 0 Å². The van der Waals surface area contributed by atoms with E-state index in [2.05, 4.69) is 0 Å². The zero-order valence-electron chi connectivity index (χ0n) is 15.4. The fourth-order valence-electron chi connectivity index (χ4n) is 3.22. The summed E-state index contributed by atoms with van der Waals surface area (Å²) in [5.74, 6) is 0.431. The monoisotopic (exact) mass is 365 g/mol. The van der Waals surface area contributed by atoms with Crippen LogP contribution in [0.2, 0.25) is 0 Å². The van der Waals surface area contributed by atoms with Gasteiger partial charge in [0.2, 0.25) is 6.29 Å². The van der Waals surface area contributed by atoms with Crippen LogP contribution in [-0.4, -0.2) is 14.1 Å². The van der Waals surface area contributed by atoms with Crippen molar-refractivity contribution in [3.05, 3.63) is 89.5 Å². The second-order valence-electron chi connectivity index (χ2n) is 6.85. The molecule has 0 saturated heterocycles. The molecular formula is C22H22FN2O2+. The fourth-order valence-corrected chi connectivity index (χ4v) is 3.22. The Labute approximate surface area is 158 Å². The second kappa shape index (κ2) is 7.37. The molecule has 0 bridgehead atoms. The minimum atomic E-state index is -0.482. The van der Waals surface area contributed by atoms with E-state index in [1.807, 2.05) is 78.4 Å². The molecular weight excluding hydrogens is 343 g/mol. The molecule has 3 aromatic rings. The molecule has 0 radical (unpaired) electrons. The smallest absolute Gasteiger partial charge is 0.227 e. The van der Waals surface area contributed by atoms with Crippen molar-refractivity contribution in [2.24, 2.45) is 0 Å². The number of anilines is 1. The van der Waals surface area contributed by atoms with Gasteiger partial charge >= 0.3 is 0 Å². The average Bonchev–Trinajstić information content (AvgIpc) is 2.69. The molecule has 0 saturated carbocycles. The van der Waals surface area contributed by atoms with Crippen molar-refractivity contribution < 1.29 is 18.4 Å². The molecule has 0 amide bonds. The van der Waals surface area contributed by atoms with Crippen molar-refractivity contribution in [1.82, 2.24) is 0 Å². The van der Waals surface area contributed by atoms with Crippen LogP contribution in [0.15, 0.2) is 67.0 Å². The number of halogens is 1. The molecule has 138 valence electrons. The molecule has 4 rings (SSSR count). The highest BCUT2D eigenvalue weighted by Crippen LogP contribution is 2.36. The summed E-state index contributed by atoms with van der Waals surface area (Å²) in [4.78, 5) is 2.04. The maximum Gasteiger partial charge on any atom is 0.227 e. The van der Waals surface area contributed by atoms with Crippen LogP contribution in [0.4, 0.5) is 10.1 Å². The largest absolute Gasteiger partial charge is 0.460 e. The summed E-state index contributed by atoms with van der Waals surface area (Å²) in [6, 6.07) is 16.9. The molecule has 27 heavy (non-hydrogen) atoms. The number of nitrogens with zero attached hydrogens (tertiary/aromatic N) is 2. The van der Waals surface area contributed by atoms with E-state index in [0.29, 0.717) is 18.9 Å². The lowest BCUT2D eigenvalue weighted by Gasteiger charge is -2.28. The second-order valence-corrected chi connectivity index (χ2v) is 6.85. The highest BCUT2D eigenvalue weighted by molar-refractivity contribution is 5.43. The van der Waals surface area contributed by atoms with Gasteiger partial charge in [-0.1, -0.05) is 30.3 Å². The molecule has 1 aliphatic heterocycles. The Bertz CT molecular complexity index is 927. The third kappa shape index (κ3) is 3.78. The third-order valence-electron chi connectivity index (χ3n) is 4.64. The molecule has 2 aromatic carbocycles. The van der Waals surface area contributed by atoms with Gasteiger partial charge in [-0.05, 0) is 12.1 Å². The Hall–Kier alpha value is -2.92. The van der Waals surface area contributed by atoms with Crippen LogP contribution < -0.4 is 14.2 Å². The first kappa shape index (κ1) is 17.5. The van der Waals surface area contributed by atoms with E-state index in [-0.39, 0.29) is 5.82 Å². The predicted molar refractivity (Wildman–Crippen MR) is 101 cm³/mol. The van der Waals surface area contributed by atoms with Crippen LogP contribution in [0.5, 0.6) is 5.75 Å². The molecule has 2 heterocycles. The van der Waals surface area contributed by atoms with Crippen LogP contribution in [0.25, 0.3) is 0 Å². The Balaban J connectivity index is 1.63. The Morgan fingerprint density at radius 2 is 1.81 bits per heavy atom. The summed E-state index contributed by atoms with van der Waals surface area (Å²) < 4.78 is 28.1. The van der Waals surface area contributed by atoms with E-state index in [1.165, 1.54) is 6.07 Å². The first-order chi connectivity index (χ1) is 13.1. The predicted octanol–water partition coefficient (Wildman–Crippen LogP) is 3.84. The summed E-state index contributed by atoms with van der Waals surface area (Å²) in [7, 11) is 4.00. The highest BCUT2D eigenvalue weighted by Gasteiger charge is 2.26.